The number of nitrogens with zero attached hydrogens (tertiary/aromatic N) is 3. The Morgan fingerprint density at radius 3 is 2.73 bits per heavy atom. The van der Waals surface area contributed by atoms with Crippen LogP contribution in [0.15, 0.2) is 16.9 Å². The molecule has 2 unspecified atom stereocenters. The lowest BCUT2D eigenvalue weighted by Gasteiger charge is -2.37. The van der Waals surface area contributed by atoms with Gasteiger partial charge in [0, 0.05) is 36.0 Å². The van der Waals surface area contributed by atoms with Gasteiger partial charge in [0.2, 0.25) is 5.95 Å². The van der Waals surface area contributed by atoms with Gasteiger partial charge >= 0.3 is 0 Å². The molecule has 5 heteroatoms. The van der Waals surface area contributed by atoms with E-state index in [-0.39, 0.29) is 0 Å². The van der Waals surface area contributed by atoms with Crippen LogP contribution in [0.1, 0.15) is 13.8 Å². The van der Waals surface area contributed by atoms with E-state index in [4.69, 9.17) is 0 Å². The van der Waals surface area contributed by atoms with Crippen LogP contribution in [0.4, 0.5) is 5.95 Å². The number of anilines is 1. The van der Waals surface area contributed by atoms with E-state index in [1.807, 2.05) is 24.2 Å². The average Bonchev–Trinajstić information content (AvgIpc) is 2.24. The van der Waals surface area contributed by atoms with Gasteiger partial charge in [0.15, 0.2) is 0 Å². The molecule has 1 saturated heterocycles. The van der Waals surface area contributed by atoms with E-state index in [1.54, 1.807) is 0 Å². The fourth-order valence-corrected chi connectivity index (χ4v) is 2.97. The smallest absolute Gasteiger partial charge is 0.225 e. The molecule has 1 aromatic rings. The van der Waals surface area contributed by atoms with Gasteiger partial charge in [-0.15, -0.1) is 0 Å². The summed E-state index contributed by atoms with van der Waals surface area (Å²) >= 11 is 5.37. The predicted molar refractivity (Wildman–Crippen MR) is 68.5 cm³/mol. The van der Waals surface area contributed by atoms with Crippen molar-refractivity contribution in [2.24, 2.45) is 0 Å². The van der Waals surface area contributed by atoms with E-state index in [0.29, 0.717) is 11.3 Å². The summed E-state index contributed by atoms with van der Waals surface area (Å²) in [6, 6.07) is 0.505. The zero-order valence-electron chi connectivity index (χ0n) is 8.85. The summed E-state index contributed by atoms with van der Waals surface area (Å²) in [6.07, 6.45) is 3.61. The van der Waals surface area contributed by atoms with Crippen LogP contribution in [0.5, 0.6) is 0 Å². The van der Waals surface area contributed by atoms with Crippen LogP contribution < -0.4 is 4.90 Å². The molecular weight excluding hydrogens is 274 g/mol. The molecule has 82 valence electrons. The second kappa shape index (κ2) is 4.70. The molecule has 2 atom stereocenters. The van der Waals surface area contributed by atoms with Crippen molar-refractivity contribution in [1.82, 2.24) is 9.97 Å². The number of rotatable bonds is 1. The molecule has 2 rings (SSSR count). The van der Waals surface area contributed by atoms with Crippen molar-refractivity contribution >= 4 is 33.6 Å². The summed E-state index contributed by atoms with van der Waals surface area (Å²) in [6.45, 7) is 5.54. The topological polar surface area (TPSA) is 29.0 Å². The summed E-state index contributed by atoms with van der Waals surface area (Å²) < 4.78 is 0.929. The second-order valence-corrected chi connectivity index (χ2v) is 6.11. The van der Waals surface area contributed by atoms with E-state index >= 15 is 0 Å². The first-order chi connectivity index (χ1) is 7.18. The summed E-state index contributed by atoms with van der Waals surface area (Å²) in [7, 11) is 0. The van der Waals surface area contributed by atoms with Gasteiger partial charge in [-0.3, -0.25) is 0 Å². The lowest BCUT2D eigenvalue weighted by atomic mass is 10.2. The highest BCUT2D eigenvalue weighted by atomic mass is 79.9. The van der Waals surface area contributed by atoms with Gasteiger partial charge in [-0.2, -0.15) is 11.8 Å². The molecule has 15 heavy (non-hydrogen) atoms. The predicted octanol–water partition coefficient (Wildman–Crippen LogP) is 2.57. The van der Waals surface area contributed by atoms with E-state index in [2.05, 4.69) is 44.6 Å². The fraction of sp³-hybridized carbons (Fsp3) is 0.600. The molecule has 2 heterocycles. The standard InChI is InChI=1S/C10H14BrN3S/c1-7-8(2)15-4-3-14(7)10-12-5-9(11)6-13-10/h5-8H,3-4H2,1-2H3. The maximum atomic E-state index is 4.35. The molecule has 0 spiro atoms. The zero-order valence-corrected chi connectivity index (χ0v) is 11.3. The molecule has 3 nitrogen and oxygen atoms in total. The first kappa shape index (κ1) is 11.2. The molecule has 1 fully saturated rings. The molecule has 0 aliphatic carbocycles. The Kier molecular flexibility index (Phi) is 3.51. The van der Waals surface area contributed by atoms with Crippen LogP contribution >= 0.6 is 27.7 Å². The third-order valence-electron chi connectivity index (χ3n) is 2.75. The monoisotopic (exact) mass is 287 g/mol. The number of hydrogen-bond donors (Lipinski definition) is 0. The van der Waals surface area contributed by atoms with Crippen molar-refractivity contribution in [2.75, 3.05) is 17.2 Å². The van der Waals surface area contributed by atoms with E-state index in [0.717, 1.165) is 22.7 Å². The van der Waals surface area contributed by atoms with Gasteiger partial charge in [-0.05, 0) is 22.9 Å². The Hall–Kier alpha value is -0.290. The summed E-state index contributed by atoms with van der Waals surface area (Å²) in [5.41, 5.74) is 0. The van der Waals surface area contributed by atoms with E-state index < -0.39 is 0 Å². The molecule has 1 aliphatic heterocycles. The lowest BCUT2D eigenvalue weighted by Crippen LogP contribution is -2.45. The van der Waals surface area contributed by atoms with Gasteiger partial charge in [0.05, 0.1) is 4.47 Å². The SMILES string of the molecule is CC1SCCN(c2ncc(Br)cn2)C1C. The van der Waals surface area contributed by atoms with Crippen LogP contribution in [0.2, 0.25) is 0 Å². The molecule has 0 saturated carbocycles. The van der Waals surface area contributed by atoms with E-state index in [1.165, 1.54) is 0 Å². The minimum Gasteiger partial charge on any atom is -0.336 e. The number of hydrogen-bond acceptors (Lipinski definition) is 4. The fourth-order valence-electron chi connectivity index (χ4n) is 1.67. The van der Waals surface area contributed by atoms with Crippen molar-refractivity contribution < 1.29 is 0 Å². The van der Waals surface area contributed by atoms with Gasteiger partial charge in [0.25, 0.3) is 0 Å². The highest BCUT2D eigenvalue weighted by molar-refractivity contribution is 9.10. The van der Waals surface area contributed by atoms with Gasteiger partial charge in [0.1, 0.15) is 0 Å². The van der Waals surface area contributed by atoms with Gasteiger partial charge in [-0.25, -0.2) is 9.97 Å². The molecule has 0 N–H and O–H groups in total. The lowest BCUT2D eigenvalue weighted by molar-refractivity contribution is 0.612. The Balaban J connectivity index is 2.18. The summed E-state index contributed by atoms with van der Waals surface area (Å²) in [4.78, 5) is 11.0. The van der Waals surface area contributed by atoms with Crippen molar-refractivity contribution in [3.63, 3.8) is 0 Å². The Labute approximate surface area is 103 Å². The van der Waals surface area contributed by atoms with Crippen LogP contribution in [0, 0.1) is 0 Å². The normalized spacial score (nSPS) is 26.7. The number of thioether (sulfide) groups is 1. The maximum absolute atomic E-state index is 4.35. The second-order valence-electron chi connectivity index (χ2n) is 3.71. The van der Waals surface area contributed by atoms with Crippen molar-refractivity contribution in [2.45, 2.75) is 25.1 Å². The molecule has 0 aromatic carbocycles. The number of halogens is 1. The van der Waals surface area contributed by atoms with E-state index in [9.17, 15) is 0 Å². The third-order valence-corrected chi connectivity index (χ3v) is 4.49. The van der Waals surface area contributed by atoms with Crippen molar-refractivity contribution in [1.29, 1.82) is 0 Å². The minimum atomic E-state index is 0.505. The van der Waals surface area contributed by atoms with Crippen LogP contribution in [0.25, 0.3) is 0 Å². The molecule has 0 bridgehead atoms. The summed E-state index contributed by atoms with van der Waals surface area (Å²) in [5.74, 6) is 2.00. The van der Waals surface area contributed by atoms with Crippen molar-refractivity contribution in [3.05, 3.63) is 16.9 Å². The Morgan fingerprint density at radius 1 is 1.40 bits per heavy atom. The average molecular weight is 288 g/mol. The first-order valence-corrected chi connectivity index (χ1v) is 6.88. The Morgan fingerprint density at radius 2 is 2.07 bits per heavy atom. The molecule has 1 aromatic heterocycles. The van der Waals surface area contributed by atoms with Gasteiger partial charge in [-0.1, -0.05) is 6.92 Å². The third kappa shape index (κ3) is 2.45. The molecule has 0 amide bonds. The molecule has 1 aliphatic rings. The van der Waals surface area contributed by atoms with Gasteiger partial charge < -0.3 is 4.90 Å². The van der Waals surface area contributed by atoms with Crippen LogP contribution in [-0.4, -0.2) is 33.6 Å². The highest BCUT2D eigenvalue weighted by Gasteiger charge is 2.26. The zero-order chi connectivity index (χ0) is 10.8. The van der Waals surface area contributed by atoms with Crippen LogP contribution in [-0.2, 0) is 0 Å². The minimum absolute atomic E-state index is 0.505. The molecular formula is C10H14BrN3S. The quantitative estimate of drug-likeness (QED) is 0.794. The largest absolute Gasteiger partial charge is 0.336 e. The number of aromatic nitrogens is 2. The Bertz CT molecular complexity index is 330. The molecule has 0 radical (unpaired) electrons. The van der Waals surface area contributed by atoms with Crippen molar-refractivity contribution in [3.8, 4) is 0 Å². The first-order valence-electron chi connectivity index (χ1n) is 5.04. The highest BCUT2D eigenvalue weighted by Crippen LogP contribution is 2.26. The summed E-state index contributed by atoms with van der Waals surface area (Å²) in [5, 5.41) is 0.644. The van der Waals surface area contributed by atoms with Crippen LogP contribution in [0.3, 0.4) is 0 Å². The maximum Gasteiger partial charge on any atom is 0.225 e.